The highest BCUT2D eigenvalue weighted by molar-refractivity contribution is 7.89. The van der Waals surface area contributed by atoms with E-state index in [-0.39, 0.29) is 29.4 Å². The van der Waals surface area contributed by atoms with Crippen molar-refractivity contribution >= 4 is 34.0 Å². The zero-order chi connectivity index (χ0) is 17.3. The molecule has 2 aliphatic rings. The molecule has 25 heavy (non-hydrogen) atoms. The van der Waals surface area contributed by atoms with Crippen LogP contribution in [-0.4, -0.2) is 44.5 Å². The van der Waals surface area contributed by atoms with Gasteiger partial charge in [0.05, 0.1) is 9.92 Å². The quantitative estimate of drug-likeness (QED) is 0.811. The molecule has 0 aromatic heterocycles. The first-order valence-corrected chi connectivity index (χ1v) is 10.5. The van der Waals surface area contributed by atoms with E-state index in [1.54, 1.807) is 10.4 Å². The predicted molar refractivity (Wildman–Crippen MR) is 103 cm³/mol. The van der Waals surface area contributed by atoms with Gasteiger partial charge in [0, 0.05) is 24.6 Å². The summed E-state index contributed by atoms with van der Waals surface area (Å²) in [7, 11) is -3.56. The van der Waals surface area contributed by atoms with Crippen LogP contribution in [-0.2, 0) is 16.4 Å². The van der Waals surface area contributed by atoms with Crippen molar-refractivity contribution in [3.63, 3.8) is 0 Å². The summed E-state index contributed by atoms with van der Waals surface area (Å²) in [5.41, 5.74) is 0.885. The van der Waals surface area contributed by atoms with Gasteiger partial charge in [0.2, 0.25) is 10.0 Å². The first-order chi connectivity index (χ1) is 11.4. The molecule has 1 aromatic carbocycles. The lowest BCUT2D eigenvalue weighted by molar-refractivity contribution is 0.255. The smallest absolute Gasteiger partial charge is 0.243 e. The van der Waals surface area contributed by atoms with E-state index in [0.29, 0.717) is 23.7 Å². The Kier molecular flexibility index (Phi) is 7.01. The fraction of sp³-hybridized carbons (Fsp3) is 0.647. The van der Waals surface area contributed by atoms with Gasteiger partial charge in [-0.25, -0.2) is 8.42 Å². The summed E-state index contributed by atoms with van der Waals surface area (Å²) in [5, 5.41) is 3.68. The van der Waals surface area contributed by atoms with E-state index in [1.807, 2.05) is 13.8 Å². The molecule has 1 aromatic rings. The third-order valence-electron chi connectivity index (χ3n) is 4.69. The van der Waals surface area contributed by atoms with Crippen LogP contribution in [0.3, 0.4) is 0 Å². The molecule has 1 atom stereocenters. The molecule has 3 rings (SSSR count). The Labute approximate surface area is 161 Å². The van der Waals surface area contributed by atoms with Crippen molar-refractivity contribution < 1.29 is 13.2 Å². The second kappa shape index (κ2) is 8.44. The van der Waals surface area contributed by atoms with E-state index >= 15 is 0 Å². The van der Waals surface area contributed by atoms with Gasteiger partial charge in [-0.05, 0) is 51.4 Å². The van der Waals surface area contributed by atoms with Crippen LogP contribution in [0.5, 0.6) is 5.75 Å². The van der Waals surface area contributed by atoms with Crippen LogP contribution in [0.2, 0.25) is 5.02 Å². The molecule has 0 amide bonds. The fourth-order valence-corrected chi connectivity index (χ4v) is 5.76. The summed E-state index contributed by atoms with van der Waals surface area (Å²) < 4.78 is 33.9. The Morgan fingerprint density at radius 1 is 1.32 bits per heavy atom. The first kappa shape index (κ1) is 20.8. The minimum absolute atomic E-state index is 0. The summed E-state index contributed by atoms with van der Waals surface area (Å²) in [4.78, 5) is 0.288. The van der Waals surface area contributed by atoms with Crippen LogP contribution >= 0.6 is 24.0 Å². The molecule has 1 N–H and O–H groups in total. The van der Waals surface area contributed by atoms with Gasteiger partial charge in [-0.15, -0.1) is 12.4 Å². The van der Waals surface area contributed by atoms with Crippen LogP contribution in [0, 0.1) is 0 Å². The van der Waals surface area contributed by atoms with Crippen LogP contribution in [0.25, 0.3) is 0 Å². The van der Waals surface area contributed by atoms with Crippen LogP contribution in [0.1, 0.15) is 38.7 Å². The van der Waals surface area contributed by atoms with Gasteiger partial charge in [0.15, 0.2) is 0 Å². The maximum Gasteiger partial charge on any atom is 0.243 e. The summed E-state index contributed by atoms with van der Waals surface area (Å²) in [6.45, 7) is 6.22. The number of piperidine rings is 1. The highest BCUT2D eigenvalue weighted by Crippen LogP contribution is 2.39. The Morgan fingerprint density at radius 3 is 2.64 bits per heavy atom. The maximum atomic E-state index is 13.3. The van der Waals surface area contributed by atoms with Crippen molar-refractivity contribution in [2.24, 2.45) is 0 Å². The second-order valence-electron chi connectivity index (χ2n) is 6.62. The van der Waals surface area contributed by atoms with Crippen molar-refractivity contribution in [1.82, 2.24) is 9.62 Å². The topological polar surface area (TPSA) is 58.6 Å². The molecule has 2 heterocycles. The summed E-state index contributed by atoms with van der Waals surface area (Å²) in [6, 6.07) is 3.33. The lowest BCUT2D eigenvalue weighted by Gasteiger charge is -2.33. The minimum atomic E-state index is -3.56. The number of hydrogen-bond acceptors (Lipinski definition) is 4. The number of fused-ring (bicyclic) bond motifs is 1. The third-order valence-corrected chi connectivity index (χ3v) is 6.90. The molecular weight excluding hydrogens is 383 g/mol. The largest absolute Gasteiger partial charge is 0.489 e. The molecule has 0 aliphatic carbocycles. The molecule has 142 valence electrons. The Hall–Kier alpha value is -0.530. The van der Waals surface area contributed by atoms with E-state index in [4.69, 9.17) is 16.3 Å². The normalized spacial score (nSPS) is 20.9. The molecular formula is C17H26Cl2N2O3S. The molecule has 1 saturated heterocycles. The maximum absolute atomic E-state index is 13.3. The lowest BCUT2D eigenvalue weighted by Crippen LogP contribution is -2.46. The van der Waals surface area contributed by atoms with E-state index in [1.165, 1.54) is 6.07 Å². The van der Waals surface area contributed by atoms with Gasteiger partial charge in [-0.3, -0.25) is 0 Å². The number of halogens is 2. The van der Waals surface area contributed by atoms with Crippen molar-refractivity contribution in [1.29, 1.82) is 0 Å². The number of rotatable bonds is 5. The number of nitrogens with zero attached hydrogens (tertiary/aromatic N) is 1. The van der Waals surface area contributed by atoms with Gasteiger partial charge >= 0.3 is 0 Å². The highest BCUT2D eigenvalue weighted by atomic mass is 35.5. The fourth-order valence-electron chi connectivity index (χ4n) is 3.56. The SMILES string of the molecule is CCCN(C1CCNCC1)S(=O)(=O)c1cc(Cl)c2c(c1)CC(C)O2.Cl. The van der Waals surface area contributed by atoms with Crippen LogP contribution in [0.4, 0.5) is 0 Å². The van der Waals surface area contributed by atoms with Crippen molar-refractivity contribution in [2.75, 3.05) is 19.6 Å². The molecule has 0 spiro atoms. The Morgan fingerprint density at radius 2 is 2.00 bits per heavy atom. The monoisotopic (exact) mass is 408 g/mol. The van der Waals surface area contributed by atoms with Gasteiger partial charge in [0.1, 0.15) is 11.9 Å². The number of sulfonamides is 1. The van der Waals surface area contributed by atoms with Gasteiger partial charge in [-0.1, -0.05) is 18.5 Å². The van der Waals surface area contributed by atoms with Gasteiger partial charge in [-0.2, -0.15) is 4.31 Å². The molecule has 5 nitrogen and oxygen atoms in total. The Balaban J connectivity index is 0.00000225. The van der Waals surface area contributed by atoms with E-state index < -0.39 is 10.0 Å². The molecule has 8 heteroatoms. The van der Waals surface area contributed by atoms with Crippen molar-refractivity contribution in [2.45, 2.75) is 56.6 Å². The van der Waals surface area contributed by atoms with Crippen molar-refractivity contribution in [3.05, 3.63) is 22.7 Å². The van der Waals surface area contributed by atoms with Gasteiger partial charge in [0.25, 0.3) is 0 Å². The minimum Gasteiger partial charge on any atom is -0.489 e. The van der Waals surface area contributed by atoms with E-state index in [9.17, 15) is 8.42 Å². The molecule has 1 fully saturated rings. The lowest BCUT2D eigenvalue weighted by atomic mass is 10.1. The predicted octanol–water partition coefficient (Wildman–Crippen LogP) is 3.24. The van der Waals surface area contributed by atoms with E-state index in [0.717, 1.165) is 37.9 Å². The van der Waals surface area contributed by atoms with Crippen LogP contribution in [0.15, 0.2) is 17.0 Å². The first-order valence-electron chi connectivity index (χ1n) is 8.65. The molecule has 2 aliphatic heterocycles. The zero-order valence-electron chi connectivity index (χ0n) is 14.6. The second-order valence-corrected chi connectivity index (χ2v) is 8.92. The molecule has 0 saturated carbocycles. The summed E-state index contributed by atoms with van der Waals surface area (Å²) in [6.07, 6.45) is 3.21. The van der Waals surface area contributed by atoms with E-state index in [2.05, 4.69) is 5.32 Å². The van der Waals surface area contributed by atoms with Gasteiger partial charge < -0.3 is 10.1 Å². The molecule has 0 radical (unpaired) electrons. The molecule has 0 bridgehead atoms. The molecule has 1 unspecified atom stereocenters. The number of benzene rings is 1. The van der Waals surface area contributed by atoms with Crippen molar-refractivity contribution in [3.8, 4) is 5.75 Å². The average Bonchev–Trinajstić information content (AvgIpc) is 2.94. The Bertz CT molecular complexity index is 706. The zero-order valence-corrected chi connectivity index (χ0v) is 17.0. The number of nitrogens with one attached hydrogen (secondary N) is 1. The summed E-state index contributed by atoms with van der Waals surface area (Å²) >= 11 is 6.30. The number of ether oxygens (including phenoxy) is 1. The highest BCUT2D eigenvalue weighted by Gasteiger charge is 2.33. The summed E-state index contributed by atoms with van der Waals surface area (Å²) in [5.74, 6) is 0.632. The third kappa shape index (κ3) is 4.25. The standard InChI is InChI=1S/C17H25ClN2O3S.ClH/c1-3-8-20(14-4-6-19-7-5-14)24(21,22)15-10-13-9-12(2)23-17(13)16(18)11-15;/h10-12,14,19H,3-9H2,1-2H3;1H. The average molecular weight is 409 g/mol. The van der Waals surface area contributed by atoms with Crippen LogP contribution < -0.4 is 10.1 Å². The number of hydrogen-bond donors (Lipinski definition) is 1.